The molecule has 0 saturated carbocycles. The predicted octanol–water partition coefficient (Wildman–Crippen LogP) is 27.4. The highest BCUT2D eigenvalue weighted by atomic mass is 14.4. The second kappa shape index (κ2) is 34.0. The second-order valence-electron chi connectivity index (χ2n) is 37.0. The highest BCUT2D eigenvalue weighted by Crippen LogP contribution is 2.43. The Hall–Kier alpha value is 0. The number of rotatable bonds is 15. The number of hydrogen-bond donors (Lipinski definition) is 0. The molecule has 0 heterocycles. The predicted molar refractivity (Wildman–Crippen MR) is 344 cm³/mol. The van der Waals surface area contributed by atoms with Gasteiger partial charge >= 0.3 is 0 Å². The van der Waals surface area contributed by atoms with Crippen molar-refractivity contribution in [1.82, 2.24) is 0 Å². The highest BCUT2D eigenvalue weighted by molar-refractivity contribution is 4.83. The summed E-state index contributed by atoms with van der Waals surface area (Å²) < 4.78 is 0. The van der Waals surface area contributed by atoms with Gasteiger partial charge in [-0.25, -0.2) is 0 Å². The first kappa shape index (κ1) is 87.7. The fraction of sp³-hybridized carbons (Fsp3) is 1.00. The van der Waals surface area contributed by atoms with Gasteiger partial charge in [0.05, 0.1) is 0 Å². The lowest BCUT2D eigenvalue weighted by atomic mass is 9.69. The fourth-order valence-corrected chi connectivity index (χ4v) is 10.1. The molecule has 0 aliphatic rings. The molecule has 3 unspecified atom stereocenters. The van der Waals surface area contributed by atoms with Gasteiger partial charge in [0, 0.05) is 0 Å². The quantitative estimate of drug-likeness (QED) is 0.143. The van der Waals surface area contributed by atoms with Gasteiger partial charge < -0.3 is 0 Å². The van der Waals surface area contributed by atoms with Gasteiger partial charge in [-0.3, -0.25) is 0 Å². The molecule has 3 atom stereocenters. The van der Waals surface area contributed by atoms with Crippen LogP contribution in [-0.2, 0) is 0 Å². The Balaban J connectivity index is -0.000000122. The van der Waals surface area contributed by atoms with Crippen molar-refractivity contribution in [2.45, 2.75) is 375 Å². The Morgan fingerprint density at radius 1 is 0.197 bits per heavy atom. The van der Waals surface area contributed by atoms with Crippen LogP contribution >= 0.6 is 0 Å². The molecule has 0 radical (unpaired) electrons. The molecule has 0 aromatic carbocycles. The van der Waals surface area contributed by atoms with E-state index in [1.165, 1.54) is 96.3 Å². The molecule has 0 nitrogen and oxygen atoms in total. The summed E-state index contributed by atoms with van der Waals surface area (Å²) in [6.07, 6.45) is 20.5. The zero-order valence-electron chi connectivity index (χ0n) is 54.9. The summed E-state index contributed by atoms with van der Waals surface area (Å²) >= 11 is 0. The molecule has 0 fully saturated rings. The van der Waals surface area contributed by atoms with Gasteiger partial charge in [-0.05, 0) is 166 Å². The topological polar surface area (TPSA) is 0 Å². The van der Waals surface area contributed by atoms with Crippen molar-refractivity contribution in [1.29, 1.82) is 0 Å². The minimum Gasteiger partial charge on any atom is -0.0776 e. The maximum absolute atomic E-state index is 2.41. The molecule has 0 spiro atoms. The molecule has 0 aliphatic heterocycles. The van der Waals surface area contributed by atoms with E-state index in [4.69, 9.17) is 0 Å². The summed E-state index contributed by atoms with van der Waals surface area (Å²) in [7, 11) is 0. The lowest BCUT2D eigenvalue weighted by molar-refractivity contribution is 0.138. The van der Waals surface area contributed by atoms with Crippen molar-refractivity contribution in [3.8, 4) is 0 Å². The van der Waals surface area contributed by atoms with Crippen LogP contribution < -0.4 is 0 Å². The van der Waals surface area contributed by atoms with E-state index in [0.29, 0.717) is 65.0 Å². The fourth-order valence-electron chi connectivity index (χ4n) is 10.1. The second-order valence-corrected chi connectivity index (χ2v) is 37.0. The lowest BCUT2D eigenvalue weighted by Crippen LogP contribution is -2.26. The summed E-state index contributed by atoms with van der Waals surface area (Å²) in [6.45, 7) is 85.4. The van der Waals surface area contributed by atoms with Crippen LogP contribution in [0.15, 0.2) is 0 Å². The summed E-state index contributed by atoms with van der Waals surface area (Å²) in [5.74, 6) is 3.41. The van der Waals surface area contributed by atoms with Crippen molar-refractivity contribution in [3.63, 3.8) is 0 Å². The van der Waals surface area contributed by atoms with Crippen LogP contribution in [0.3, 0.4) is 0 Å². The average Bonchev–Trinajstić information content (AvgIpc) is 2.94. The van der Waals surface area contributed by atoms with Crippen molar-refractivity contribution in [2.24, 2.45) is 88.7 Å². The van der Waals surface area contributed by atoms with E-state index in [2.05, 4.69) is 249 Å². The van der Waals surface area contributed by atoms with E-state index >= 15 is 0 Å². The van der Waals surface area contributed by atoms with Crippen LogP contribution in [0.2, 0.25) is 0 Å². The smallest absolute Gasteiger partial charge is 0.0354 e. The molecule has 71 heavy (non-hydrogen) atoms. The van der Waals surface area contributed by atoms with Gasteiger partial charge in [-0.2, -0.15) is 0 Å². The molecular weight excluding hydrogens is 853 g/mol. The Labute approximate surface area is 461 Å². The molecule has 0 aromatic heterocycles. The summed E-state index contributed by atoms with van der Waals surface area (Å²) in [5.41, 5.74) is 5.56. The van der Waals surface area contributed by atoms with Gasteiger partial charge in [0.1, 0.15) is 0 Å². The zero-order chi connectivity index (χ0) is 54.9. The standard InChI is InChI=1S/C18H38.C17H36.2C16H34.4CH4/c1-16(2,3)13-11-10-12-15(18(7,8)9)14-17(4,5)6;1-15(2,3)12-10-11-14(17(7,8)9)13-16(4,5)6;1-14(2,3)10-13(11-15(4,5)6)12-16(7,8)9;1-14(2,3)11-10-13(16(7,8)9)12-15(4,5)6;;;;/h15H,10-14H2,1-9H3;14H,10-13H2,1-9H3;2*13H,10-12H2,1-9H3;4*1H4. The van der Waals surface area contributed by atoms with Gasteiger partial charge in [0.25, 0.3) is 0 Å². The lowest BCUT2D eigenvalue weighted by Gasteiger charge is -2.37. The van der Waals surface area contributed by atoms with Gasteiger partial charge in [-0.15, -0.1) is 0 Å². The van der Waals surface area contributed by atoms with Crippen LogP contribution in [-0.4, -0.2) is 0 Å². The monoisotopic (exact) mass is 1010 g/mol. The minimum absolute atomic E-state index is 0. The van der Waals surface area contributed by atoms with Crippen LogP contribution in [0.5, 0.6) is 0 Å². The third kappa shape index (κ3) is 68.0. The van der Waals surface area contributed by atoms with Crippen molar-refractivity contribution in [3.05, 3.63) is 0 Å². The van der Waals surface area contributed by atoms with Crippen LogP contribution in [0.1, 0.15) is 375 Å². The van der Waals surface area contributed by atoms with E-state index < -0.39 is 0 Å². The zero-order valence-corrected chi connectivity index (χ0v) is 54.9. The summed E-state index contributed by atoms with van der Waals surface area (Å²) in [6, 6.07) is 0. The van der Waals surface area contributed by atoms with Crippen molar-refractivity contribution in [2.75, 3.05) is 0 Å². The number of unbranched alkanes of at least 4 members (excludes halogenated alkanes) is 1. The molecule has 0 aliphatic carbocycles. The first-order valence-electron chi connectivity index (χ1n) is 28.7. The van der Waals surface area contributed by atoms with Gasteiger partial charge in [0.2, 0.25) is 0 Å². The summed E-state index contributed by atoms with van der Waals surface area (Å²) in [4.78, 5) is 0. The molecule has 442 valence electrons. The average molecular weight is 1010 g/mol. The highest BCUT2D eigenvalue weighted by Gasteiger charge is 2.32. The Kier molecular flexibility index (Phi) is 42.0. The van der Waals surface area contributed by atoms with E-state index in [1.54, 1.807) is 0 Å². The van der Waals surface area contributed by atoms with E-state index in [-0.39, 0.29) is 29.7 Å². The Bertz CT molecular complexity index is 1160. The number of hydrogen-bond acceptors (Lipinski definition) is 0. The van der Waals surface area contributed by atoms with Crippen molar-refractivity contribution < 1.29 is 0 Å². The third-order valence-electron chi connectivity index (χ3n) is 13.4. The van der Waals surface area contributed by atoms with Crippen molar-refractivity contribution >= 4 is 0 Å². The molecular formula is C71H158. The SMILES string of the molecule is C.C.C.C.CC(C)(C)CC(CC(C)(C)C)CC(C)(C)C.CC(C)(C)CCC(CC(C)(C)C)C(C)(C)C.CC(C)(C)CCCC(CC(C)(C)C)C(C)(C)C.CC(C)(C)CCCCC(CC(C)(C)C)C(C)(C)C. The van der Waals surface area contributed by atoms with Gasteiger partial charge in [-0.1, -0.05) is 298 Å². The molecule has 0 heteroatoms. The van der Waals surface area contributed by atoms with E-state index in [0.717, 1.165) is 23.7 Å². The molecule has 0 bridgehead atoms. The van der Waals surface area contributed by atoms with Crippen LogP contribution in [0, 0.1) is 88.7 Å². The maximum atomic E-state index is 2.41. The molecule has 0 amide bonds. The third-order valence-corrected chi connectivity index (χ3v) is 13.4. The molecule has 0 N–H and O–H groups in total. The van der Waals surface area contributed by atoms with Crippen LogP contribution in [0.25, 0.3) is 0 Å². The minimum atomic E-state index is 0. The molecule has 0 aromatic rings. The van der Waals surface area contributed by atoms with E-state index in [1.807, 2.05) is 0 Å². The first-order chi connectivity index (χ1) is 28.7. The normalized spacial score (nSPS) is 14.8. The largest absolute Gasteiger partial charge is 0.0776 e. The van der Waals surface area contributed by atoms with Gasteiger partial charge in [0.15, 0.2) is 0 Å². The molecule has 0 rings (SSSR count). The maximum Gasteiger partial charge on any atom is -0.0354 e. The summed E-state index contributed by atoms with van der Waals surface area (Å²) in [5, 5.41) is 0. The molecule has 0 saturated heterocycles. The van der Waals surface area contributed by atoms with E-state index in [9.17, 15) is 0 Å². The van der Waals surface area contributed by atoms with Crippen LogP contribution in [0.4, 0.5) is 0 Å². The Morgan fingerprint density at radius 2 is 0.394 bits per heavy atom. The Morgan fingerprint density at radius 3 is 0.592 bits per heavy atom. The first-order valence-corrected chi connectivity index (χ1v) is 28.7.